The van der Waals surface area contributed by atoms with Crippen LogP contribution in [0.4, 0.5) is 0 Å². The van der Waals surface area contributed by atoms with Crippen LogP contribution in [0.2, 0.25) is 0 Å². The Labute approximate surface area is 361 Å². The zero-order valence-electron chi connectivity index (χ0n) is 36.6. The topological polar surface area (TPSA) is 0 Å². The second-order valence-electron chi connectivity index (χ2n) is 20.1. The summed E-state index contributed by atoms with van der Waals surface area (Å²) in [4.78, 5) is 0. The van der Waals surface area contributed by atoms with E-state index in [0.29, 0.717) is 0 Å². The molecule has 2 heteroatoms. The van der Waals surface area contributed by atoms with Crippen LogP contribution in [0.5, 0.6) is 0 Å². The summed E-state index contributed by atoms with van der Waals surface area (Å²) in [6, 6.07) is 19.4. The molecule has 4 aliphatic rings. The standard InChI is InChI=1S/C27H36.C23H26Br2.C2H6.2CH4/c1-9-19-11-17(3)13-21-23(19)27(15-25(21,5)6)16-26(7,8)22-14-18(4)12-20(10-2)24(22)27;1-13-7-15-19(17(24)9-13)23(11-21(15,3)4)12-22(5,6)16-8-14(2)10-18(25)20(16)23;1-2;;/h11-14H,9-10,15-16H2,1-8H3;7-10H,11-12H2,1-6H3;1-2H3;2*1H4. The molecule has 0 atom stereocenters. The Morgan fingerprint density at radius 3 is 0.911 bits per heavy atom. The van der Waals surface area contributed by atoms with E-state index >= 15 is 0 Å². The molecule has 0 amide bonds. The van der Waals surface area contributed by atoms with Crippen molar-refractivity contribution in [1.82, 2.24) is 0 Å². The highest BCUT2D eigenvalue weighted by Gasteiger charge is 2.59. The van der Waals surface area contributed by atoms with Crippen LogP contribution in [-0.2, 0) is 45.3 Å². The SMILES string of the molecule is C.C.CC.CCc1cc(C)cc2c1C1(CC2(C)C)CC(C)(C)c2cc(C)cc(CC)c21.Cc1cc(Br)c2c(c1)C(C)(C)CC21CC(C)(C)c2cc(C)cc(Br)c21. The predicted octanol–water partition coefficient (Wildman–Crippen LogP) is 16.9. The molecule has 0 aliphatic heterocycles. The van der Waals surface area contributed by atoms with Crippen molar-refractivity contribution in [3.8, 4) is 0 Å². The molecule has 306 valence electrons. The first kappa shape index (κ1) is 46.5. The fraction of sp³-hybridized carbons (Fsp3) is 0.556. The van der Waals surface area contributed by atoms with Crippen LogP contribution in [-0.4, -0.2) is 0 Å². The Kier molecular flexibility index (Phi) is 12.8. The van der Waals surface area contributed by atoms with Gasteiger partial charge >= 0.3 is 0 Å². The summed E-state index contributed by atoms with van der Waals surface area (Å²) in [7, 11) is 0. The summed E-state index contributed by atoms with van der Waals surface area (Å²) in [5.74, 6) is 0. The van der Waals surface area contributed by atoms with Crippen LogP contribution >= 0.6 is 31.9 Å². The Hall–Kier alpha value is -2.16. The maximum Gasteiger partial charge on any atom is 0.0247 e. The Balaban J connectivity index is 0.000000231. The van der Waals surface area contributed by atoms with Gasteiger partial charge in [0.05, 0.1) is 0 Å². The normalized spacial score (nSPS) is 19.7. The van der Waals surface area contributed by atoms with Gasteiger partial charge in [0.15, 0.2) is 0 Å². The van der Waals surface area contributed by atoms with E-state index in [9.17, 15) is 0 Å². The van der Waals surface area contributed by atoms with E-state index in [4.69, 9.17) is 0 Å². The van der Waals surface area contributed by atoms with E-state index in [-0.39, 0.29) is 47.3 Å². The Morgan fingerprint density at radius 1 is 0.411 bits per heavy atom. The Morgan fingerprint density at radius 2 is 0.643 bits per heavy atom. The van der Waals surface area contributed by atoms with Crippen LogP contribution in [0.15, 0.2) is 57.5 Å². The van der Waals surface area contributed by atoms with Crippen molar-refractivity contribution in [3.63, 3.8) is 0 Å². The lowest BCUT2D eigenvalue weighted by molar-refractivity contribution is 0.348. The van der Waals surface area contributed by atoms with Crippen LogP contribution in [0.3, 0.4) is 0 Å². The van der Waals surface area contributed by atoms with Crippen molar-refractivity contribution >= 4 is 31.9 Å². The molecule has 4 aliphatic carbocycles. The van der Waals surface area contributed by atoms with Crippen molar-refractivity contribution in [2.75, 3.05) is 0 Å². The molecule has 0 saturated carbocycles. The summed E-state index contributed by atoms with van der Waals surface area (Å²) >= 11 is 7.90. The largest absolute Gasteiger partial charge is 0.0776 e. The summed E-state index contributed by atoms with van der Waals surface area (Å²) in [6.07, 6.45) is 7.11. The summed E-state index contributed by atoms with van der Waals surface area (Å²) < 4.78 is 2.56. The molecule has 0 aromatic heterocycles. The molecule has 4 aromatic rings. The minimum absolute atomic E-state index is 0. The molecule has 0 saturated heterocycles. The van der Waals surface area contributed by atoms with E-state index < -0.39 is 0 Å². The van der Waals surface area contributed by atoms with Gasteiger partial charge in [-0.25, -0.2) is 0 Å². The van der Waals surface area contributed by atoms with Crippen LogP contribution in [0, 0.1) is 27.7 Å². The van der Waals surface area contributed by atoms with Gasteiger partial charge in [-0.1, -0.05) is 177 Å². The van der Waals surface area contributed by atoms with Gasteiger partial charge in [-0.05, 0) is 167 Å². The summed E-state index contributed by atoms with van der Waals surface area (Å²) in [6.45, 7) is 37.2. The molecule has 8 rings (SSSR count). The van der Waals surface area contributed by atoms with Crippen molar-refractivity contribution in [2.24, 2.45) is 0 Å². The van der Waals surface area contributed by atoms with Crippen molar-refractivity contribution < 1.29 is 0 Å². The lowest BCUT2D eigenvalue weighted by Crippen LogP contribution is -2.28. The van der Waals surface area contributed by atoms with E-state index in [0.717, 1.165) is 12.8 Å². The van der Waals surface area contributed by atoms with Crippen molar-refractivity contribution in [2.45, 2.75) is 197 Å². The maximum absolute atomic E-state index is 3.95. The fourth-order valence-corrected chi connectivity index (χ4v) is 14.4. The average Bonchev–Trinajstić information content (AvgIpc) is 3.61. The van der Waals surface area contributed by atoms with Crippen LogP contribution < -0.4 is 0 Å². The van der Waals surface area contributed by atoms with E-state index in [1.807, 2.05) is 13.8 Å². The van der Waals surface area contributed by atoms with Gasteiger partial charge in [0.1, 0.15) is 0 Å². The second kappa shape index (κ2) is 15.5. The predicted molar refractivity (Wildman–Crippen MR) is 256 cm³/mol. The molecule has 56 heavy (non-hydrogen) atoms. The molecule has 0 unspecified atom stereocenters. The van der Waals surface area contributed by atoms with E-state index in [1.54, 1.807) is 33.4 Å². The summed E-state index contributed by atoms with van der Waals surface area (Å²) in [5, 5.41) is 0. The number of benzene rings is 4. The monoisotopic (exact) mass is 882 g/mol. The molecular weight excluding hydrogens is 808 g/mol. The summed E-state index contributed by atoms with van der Waals surface area (Å²) in [5.41, 5.74) is 22.5. The minimum atomic E-state index is 0. The highest BCUT2D eigenvalue weighted by molar-refractivity contribution is 9.10. The molecule has 0 bridgehead atoms. The minimum Gasteiger partial charge on any atom is -0.0776 e. The molecule has 0 radical (unpaired) electrons. The highest BCUT2D eigenvalue weighted by atomic mass is 79.9. The van der Waals surface area contributed by atoms with E-state index in [2.05, 4.69) is 177 Å². The third-order valence-electron chi connectivity index (χ3n) is 13.8. The van der Waals surface area contributed by atoms with Gasteiger partial charge in [0.2, 0.25) is 0 Å². The van der Waals surface area contributed by atoms with Crippen LogP contribution in [0.1, 0.15) is 202 Å². The molecule has 0 fully saturated rings. The van der Waals surface area contributed by atoms with Gasteiger partial charge < -0.3 is 0 Å². The fourth-order valence-electron chi connectivity index (χ4n) is 12.5. The quantitative estimate of drug-likeness (QED) is 0.188. The number of rotatable bonds is 2. The second-order valence-corrected chi connectivity index (χ2v) is 21.9. The lowest BCUT2D eigenvalue weighted by Gasteiger charge is -2.33. The molecule has 0 N–H and O–H groups in total. The van der Waals surface area contributed by atoms with Gasteiger partial charge in [-0.15, -0.1) is 0 Å². The highest BCUT2D eigenvalue weighted by Crippen LogP contribution is 2.66. The number of hydrogen-bond acceptors (Lipinski definition) is 0. The van der Waals surface area contributed by atoms with Gasteiger partial charge in [0.25, 0.3) is 0 Å². The first-order valence-corrected chi connectivity index (χ1v) is 22.5. The molecule has 0 nitrogen and oxygen atoms in total. The van der Waals surface area contributed by atoms with Gasteiger partial charge in [-0.3, -0.25) is 0 Å². The molecule has 2 spiro atoms. The number of fused-ring (bicyclic) bond motifs is 8. The number of aryl methyl sites for hydroxylation is 6. The first-order chi connectivity index (χ1) is 25.0. The van der Waals surface area contributed by atoms with Crippen molar-refractivity contribution in [3.05, 3.63) is 135 Å². The average molecular weight is 885 g/mol. The van der Waals surface area contributed by atoms with Gasteiger partial charge in [0, 0.05) is 19.8 Å². The molecule has 0 heterocycles. The zero-order chi connectivity index (χ0) is 40.1. The first-order valence-electron chi connectivity index (χ1n) is 20.9. The zero-order valence-corrected chi connectivity index (χ0v) is 39.8. The number of hydrogen-bond donors (Lipinski definition) is 0. The van der Waals surface area contributed by atoms with Crippen LogP contribution in [0.25, 0.3) is 0 Å². The third kappa shape index (κ3) is 7.05. The number of halogens is 2. The maximum atomic E-state index is 3.95. The third-order valence-corrected chi connectivity index (χ3v) is 15.0. The smallest absolute Gasteiger partial charge is 0.0247 e. The lowest BCUT2D eigenvalue weighted by atomic mass is 9.70. The van der Waals surface area contributed by atoms with Crippen molar-refractivity contribution in [1.29, 1.82) is 0 Å². The Bertz CT molecular complexity index is 1980. The molecule has 4 aromatic carbocycles. The molecular formula is C54H76Br2. The van der Waals surface area contributed by atoms with Gasteiger partial charge in [-0.2, -0.15) is 0 Å². The van der Waals surface area contributed by atoms with E-state index in [1.165, 1.54) is 79.1 Å².